The van der Waals surface area contributed by atoms with Crippen molar-refractivity contribution in [2.24, 2.45) is 0 Å². The number of nitrogens with zero attached hydrogens (tertiary/aromatic N) is 2. The van der Waals surface area contributed by atoms with E-state index in [0.29, 0.717) is 0 Å². The minimum absolute atomic E-state index is 0. The van der Waals surface area contributed by atoms with Crippen LogP contribution < -0.4 is 0 Å². The fourth-order valence-corrected chi connectivity index (χ4v) is 0.913. The molecule has 0 aliphatic rings. The monoisotopic (exact) mass is 131 g/mol. The summed E-state index contributed by atoms with van der Waals surface area (Å²) in [6, 6.07) is 0. The van der Waals surface area contributed by atoms with Crippen LogP contribution in [0.5, 0.6) is 0 Å². The molecule has 4 heteroatoms. The second-order valence-corrected chi connectivity index (χ2v) is 2.48. The zero-order valence-corrected chi connectivity index (χ0v) is 5.40. The molecule has 1 aromatic rings. The Labute approximate surface area is 53.4 Å². The Morgan fingerprint density at radius 3 is 3.38 bits per heavy atom. The van der Waals surface area contributed by atoms with Crippen molar-refractivity contribution in [3.8, 4) is 0 Å². The van der Waals surface area contributed by atoms with E-state index in [2.05, 4.69) is 22.1 Å². The van der Waals surface area contributed by atoms with E-state index in [1.807, 2.05) is 0 Å². The largest absolute Gasteiger partial charge is 0.254 e. The van der Waals surface area contributed by atoms with Gasteiger partial charge >= 0.3 is 0 Å². The first kappa shape index (κ1) is 5.62. The minimum Gasteiger partial charge on any atom is -0.254 e. The zero-order valence-electron chi connectivity index (χ0n) is 4.59. The summed E-state index contributed by atoms with van der Waals surface area (Å²) in [7, 11) is 0. The van der Waals surface area contributed by atoms with Crippen LogP contribution in [0.15, 0.2) is 11.5 Å². The van der Waals surface area contributed by atoms with E-state index in [1.165, 1.54) is 6.33 Å². The van der Waals surface area contributed by atoms with E-state index in [0.717, 1.165) is 10.9 Å². The van der Waals surface area contributed by atoms with Gasteiger partial charge in [0.05, 0.1) is 0 Å². The van der Waals surface area contributed by atoms with Gasteiger partial charge in [-0.05, 0) is 5.75 Å². The number of rotatable bonds is 2. The van der Waals surface area contributed by atoms with Crippen molar-refractivity contribution in [1.29, 1.82) is 0 Å². The van der Waals surface area contributed by atoms with E-state index in [-0.39, 0.29) is 1.43 Å². The van der Waals surface area contributed by atoms with Crippen LogP contribution in [-0.4, -0.2) is 20.9 Å². The molecule has 0 aliphatic carbocycles. The molecule has 0 spiro atoms. The third-order valence-electron chi connectivity index (χ3n) is 0.674. The average molecular weight is 131 g/mol. The normalized spacial score (nSPS) is 9.62. The molecule has 0 bridgehead atoms. The highest BCUT2D eigenvalue weighted by atomic mass is 32.2. The van der Waals surface area contributed by atoms with Crippen LogP contribution in [0, 0.1) is 0 Å². The Morgan fingerprint density at radius 1 is 2.00 bits per heavy atom. The van der Waals surface area contributed by atoms with Gasteiger partial charge in [-0.2, -0.15) is 5.10 Å². The van der Waals surface area contributed by atoms with E-state index in [1.54, 1.807) is 11.8 Å². The summed E-state index contributed by atoms with van der Waals surface area (Å²) in [6.07, 6.45) is 1.51. The summed E-state index contributed by atoms with van der Waals surface area (Å²) < 4.78 is 0. The van der Waals surface area contributed by atoms with E-state index >= 15 is 0 Å². The molecule has 0 amide bonds. The van der Waals surface area contributed by atoms with Gasteiger partial charge in [0.1, 0.15) is 6.33 Å². The number of hydrogen-bond acceptors (Lipinski definition) is 3. The third-order valence-corrected chi connectivity index (χ3v) is 1.43. The summed E-state index contributed by atoms with van der Waals surface area (Å²) in [5.74, 6) is 1.04. The lowest BCUT2D eigenvalue weighted by Gasteiger charge is -1.84. The first-order valence-electron chi connectivity index (χ1n) is 2.41. The van der Waals surface area contributed by atoms with Gasteiger partial charge in [0.25, 0.3) is 0 Å². The zero-order chi connectivity index (χ0) is 5.82. The van der Waals surface area contributed by atoms with E-state index < -0.39 is 0 Å². The molecule has 3 nitrogen and oxygen atoms in total. The molecule has 8 heavy (non-hydrogen) atoms. The summed E-state index contributed by atoms with van der Waals surface area (Å²) in [4.78, 5) is 3.90. The fourth-order valence-electron chi connectivity index (χ4n) is 0.401. The highest BCUT2D eigenvalue weighted by Crippen LogP contribution is 2.07. The molecule has 0 unspecified atom stereocenters. The highest BCUT2D eigenvalue weighted by Gasteiger charge is 1.89. The number of H-pyrrole nitrogens is 1. The molecule has 0 fully saturated rings. The lowest BCUT2D eigenvalue weighted by atomic mass is 11.0. The molecule has 1 rings (SSSR count). The van der Waals surface area contributed by atoms with Gasteiger partial charge in [0.2, 0.25) is 0 Å². The van der Waals surface area contributed by atoms with Crippen LogP contribution in [-0.2, 0) is 0 Å². The second kappa shape index (κ2) is 2.71. The Morgan fingerprint density at radius 2 is 2.88 bits per heavy atom. The van der Waals surface area contributed by atoms with Crippen LogP contribution in [0.1, 0.15) is 8.35 Å². The van der Waals surface area contributed by atoms with Crippen molar-refractivity contribution >= 4 is 11.8 Å². The van der Waals surface area contributed by atoms with Crippen LogP contribution in [0.2, 0.25) is 0 Å². The Bertz CT molecular complexity index is 142. The maximum Gasteiger partial charge on any atom is 0.183 e. The predicted octanol–water partition coefficient (Wildman–Crippen LogP) is 1.16. The molecular formula is C4H9N3S. The summed E-state index contributed by atoms with van der Waals surface area (Å²) in [6.45, 7) is 2.08. The Balaban J connectivity index is 0.000000640. The van der Waals surface area contributed by atoms with E-state index in [4.69, 9.17) is 0 Å². The molecule has 1 N–H and O–H groups in total. The Kier molecular flexibility index (Phi) is 1.91. The summed E-state index contributed by atoms with van der Waals surface area (Å²) in [5, 5.41) is 7.32. The fraction of sp³-hybridized carbons (Fsp3) is 0.500. The number of nitrogens with one attached hydrogen (secondary N) is 1. The highest BCUT2D eigenvalue weighted by molar-refractivity contribution is 7.99. The number of aromatic amines is 1. The van der Waals surface area contributed by atoms with Gasteiger partial charge in [0.15, 0.2) is 5.16 Å². The number of hydrogen-bond donors (Lipinski definition) is 1. The molecule has 46 valence electrons. The van der Waals surface area contributed by atoms with Crippen LogP contribution in [0.25, 0.3) is 0 Å². The molecule has 0 aromatic carbocycles. The average Bonchev–Trinajstić information content (AvgIpc) is 2.19. The first-order chi connectivity index (χ1) is 3.93. The Hall–Kier alpha value is -0.510. The lowest BCUT2D eigenvalue weighted by molar-refractivity contribution is 0.974. The second-order valence-electron chi connectivity index (χ2n) is 1.22. The van der Waals surface area contributed by atoms with Crippen LogP contribution in [0.4, 0.5) is 0 Å². The van der Waals surface area contributed by atoms with Gasteiger partial charge < -0.3 is 0 Å². The van der Waals surface area contributed by atoms with Gasteiger partial charge in [-0.25, -0.2) is 4.98 Å². The number of aromatic nitrogens is 3. The predicted molar refractivity (Wildman–Crippen MR) is 34.9 cm³/mol. The lowest BCUT2D eigenvalue weighted by Crippen LogP contribution is -1.73. The van der Waals surface area contributed by atoms with Gasteiger partial charge in [-0.15, -0.1) is 0 Å². The van der Waals surface area contributed by atoms with Gasteiger partial charge in [-0.3, -0.25) is 5.10 Å². The van der Waals surface area contributed by atoms with Gasteiger partial charge in [-0.1, -0.05) is 18.7 Å². The van der Waals surface area contributed by atoms with Crippen LogP contribution >= 0.6 is 11.8 Å². The van der Waals surface area contributed by atoms with Crippen molar-refractivity contribution in [3.05, 3.63) is 6.33 Å². The molecular weight excluding hydrogens is 122 g/mol. The summed E-state index contributed by atoms with van der Waals surface area (Å²) >= 11 is 1.65. The standard InChI is InChI=1S/C4H7N3S.H2/c1-2-8-4-5-3-6-7-4;/h3H,2H2,1H3,(H,5,6,7);1H. The SMILES string of the molecule is CCSc1ncn[nH]1.[HH]. The third kappa shape index (κ3) is 1.23. The van der Waals surface area contributed by atoms with Crippen molar-refractivity contribution in [2.45, 2.75) is 12.1 Å². The molecule has 1 heterocycles. The maximum absolute atomic E-state index is 3.90. The van der Waals surface area contributed by atoms with E-state index in [9.17, 15) is 0 Å². The van der Waals surface area contributed by atoms with Crippen molar-refractivity contribution < 1.29 is 1.43 Å². The van der Waals surface area contributed by atoms with Crippen molar-refractivity contribution in [2.75, 3.05) is 5.75 Å². The molecule has 0 atom stereocenters. The minimum atomic E-state index is 0. The smallest absolute Gasteiger partial charge is 0.183 e. The molecule has 0 saturated heterocycles. The molecule has 0 aliphatic heterocycles. The summed E-state index contributed by atoms with van der Waals surface area (Å²) in [5.41, 5.74) is 0. The van der Waals surface area contributed by atoms with Crippen molar-refractivity contribution in [3.63, 3.8) is 0 Å². The molecule has 0 radical (unpaired) electrons. The molecule has 1 aromatic heterocycles. The van der Waals surface area contributed by atoms with Crippen molar-refractivity contribution in [1.82, 2.24) is 15.2 Å². The maximum atomic E-state index is 3.90. The first-order valence-corrected chi connectivity index (χ1v) is 3.40. The topological polar surface area (TPSA) is 41.6 Å². The number of thioether (sulfide) groups is 1. The van der Waals surface area contributed by atoms with Gasteiger partial charge in [0, 0.05) is 1.43 Å². The van der Waals surface area contributed by atoms with Crippen LogP contribution in [0.3, 0.4) is 0 Å². The quantitative estimate of drug-likeness (QED) is 0.612. The molecule has 0 saturated carbocycles.